The number of isothiocyanates is 1. The highest BCUT2D eigenvalue weighted by atomic mass is 32.2. The van der Waals surface area contributed by atoms with E-state index in [1.54, 1.807) is 18.3 Å². The molecular formula is C10H11F3N2O4S2. The summed E-state index contributed by atoms with van der Waals surface area (Å²) in [6.07, 6.45) is 4.49. The van der Waals surface area contributed by atoms with Crippen LogP contribution in [-0.4, -0.2) is 35.3 Å². The molecule has 0 aliphatic carbocycles. The molecule has 0 bridgehead atoms. The molecule has 0 saturated heterocycles. The number of thiocarbonyl (C=S) groups is 1. The molecule has 1 rings (SSSR count). The minimum atomic E-state index is -6.09. The first-order valence-electron chi connectivity index (χ1n) is 5.32. The van der Waals surface area contributed by atoms with Crippen molar-refractivity contribution in [1.82, 2.24) is 0 Å². The first-order chi connectivity index (χ1) is 9.58. The Morgan fingerprint density at radius 2 is 2.05 bits per heavy atom. The van der Waals surface area contributed by atoms with E-state index in [0.717, 1.165) is 13.0 Å². The number of hydrogen-bond acceptors (Lipinski definition) is 6. The standard InChI is InChI=1S/C9H10N2OS.CHF3O3S/c12-9-3-1-5-11(7-9)6-2-4-10-8-13;2-1(3,4)8(5,6)7/h1,3,5,7H,2,4,6H2;(H,5,6,7). The summed E-state index contributed by atoms with van der Waals surface area (Å²) >= 11 is 4.44. The first kappa shape index (κ1) is 19.4. The zero-order valence-corrected chi connectivity index (χ0v) is 12.1. The molecule has 0 aromatic carbocycles. The third kappa shape index (κ3) is 9.08. The number of aryl methyl sites for hydroxylation is 1. The molecule has 0 saturated carbocycles. The zero-order chi connectivity index (χ0) is 16.5. The Hall–Kier alpha value is -1.55. The van der Waals surface area contributed by atoms with Crippen LogP contribution in [-0.2, 0) is 16.7 Å². The summed E-state index contributed by atoms with van der Waals surface area (Å²) in [6, 6.07) is 3.45. The van der Waals surface area contributed by atoms with E-state index in [0.29, 0.717) is 6.54 Å². The smallest absolute Gasteiger partial charge is 0.485 e. The molecule has 1 N–H and O–H groups in total. The van der Waals surface area contributed by atoms with Crippen LogP contribution in [0, 0.1) is 0 Å². The summed E-state index contributed by atoms with van der Waals surface area (Å²) < 4.78 is 60.8. The fraction of sp³-hybridized carbons (Fsp3) is 0.400. The number of pyridine rings is 1. The molecule has 118 valence electrons. The first-order valence-corrected chi connectivity index (χ1v) is 7.13. The van der Waals surface area contributed by atoms with E-state index < -0.39 is 15.6 Å². The lowest BCUT2D eigenvalue weighted by Gasteiger charge is -2.08. The summed E-state index contributed by atoms with van der Waals surface area (Å²) in [7, 11) is -6.09. The van der Waals surface area contributed by atoms with Crippen LogP contribution in [0.4, 0.5) is 13.2 Å². The Bertz CT molecular complexity index is 599. The van der Waals surface area contributed by atoms with Gasteiger partial charge >= 0.3 is 5.51 Å². The summed E-state index contributed by atoms with van der Waals surface area (Å²) in [5, 5.41) is 11.5. The summed E-state index contributed by atoms with van der Waals surface area (Å²) in [5.41, 5.74) is -5.65. The second-order valence-electron chi connectivity index (χ2n) is 3.53. The van der Waals surface area contributed by atoms with Gasteiger partial charge in [0, 0.05) is 12.5 Å². The average Bonchev–Trinajstić information content (AvgIpc) is 2.33. The van der Waals surface area contributed by atoms with Crippen molar-refractivity contribution in [2.75, 3.05) is 6.54 Å². The minimum Gasteiger partial charge on any atom is -0.741 e. The number of aliphatic imine (C=N–C) groups is 1. The van der Waals surface area contributed by atoms with Gasteiger partial charge in [-0.3, -0.25) is 0 Å². The molecule has 0 amide bonds. The van der Waals surface area contributed by atoms with E-state index in [4.69, 9.17) is 18.1 Å². The largest absolute Gasteiger partial charge is 0.741 e. The quantitative estimate of drug-likeness (QED) is 0.221. The number of alkyl halides is 3. The van der Waals surface area contributed by atoms with Gasteiger partial charge in [0.25, 0.3) is 0 Å². The highest BCUT2D eigenvalue weighted by Crippen LogP contribution is 2.20. The Morgan fingerprint density at radius 3 is 2.48 bits per heavy atom. The third-order valence-electron chi connectivity index (χ3n) is 1.88. The van der Waals surface area contributed by atoms with Gasteiger partial charge in [-0.1, -0.05) is 0 Å². The topological polar surface area (TPSA) is 93.7 Å². The van der Waals surface area contributed by atoms with Crippen LogP contribution < -0.4 is 4.57 Å². The fourth-order valence-electron chi connectivity index (χ4n) is 1.03. The van der Waals surface area contributed by atoms with E-state index in [1.165, 1.54) is 0 Å². The maximum absolute atomic E-state index is 10.7. The van der Waals surface area contributed by atoms with E-state index in [9.17, 15) is 13.2 Å². The molecule has 0 atom stereocenters. The van der Waals surface area contributed by atoms with Crippen molar-refractivity contribution in [3.8, 4) is 5.75 Å². The summed E-state index contributed by atoms with van der Waals surface area (Å²) in [4.78, 5) is 3.80. The van der Waals surface area contributed by atoms with Gasteiger partial charge in [-0.05, 0) is 18.3 Å². The fourth-order valence-corrected chi connectivity index (χ4v) is 1.12. The molecule has 1 heterocycles. The minimum absolute atomic E-state index is 0.279. The number of aromatic nitrogens is 1. The van der Waals surface area contributed by atoms with Gasteiger partial charge < -0.3 is 9.66 Å². The average molecular weight is 344 g/mol. The number of nitrogens with zero attached hydrogens (tertiary/aromatic N) is 2. The lowest BCUT2D eigenvalue weighted by atomic mass is 10.4. The highest BCUT2D eigenvalue weighted by molar-refractivity contribution is 7.86. The second kappa shape index (κ2) is 8.67. The van der Waals surface area contributed by atoms with E-state index >= 15 is 0 Å². The molecule has 0 spiro atoms. The molecule has 0 aliphatic heterocycles. The monoisotopic (exact) mass is 344 g/mol. The molecule has 0 radical (unpaired) electrons. The lowest BCUT2D eigenvalue weighted by molar-refractivity contribution is -0.697. The van der Waals surface area contributed by atoms with Crippen LogP contribution in [0.2, 0.25) is 0 Å². The molecule has 0 unspecified atom stereocenters. The van der Waals surface area contributed by atoms with Crippen LogP contribution in [0.5, 0.6) is 5.75 Å². The molecule has 1 aromatic rings. The Labute approximate surface area is 124 Å². The molecule has 0 fully saturated rings. The van der Waals surface area contributed by atoms with Crippen LogP contribution in [0.25, 0.3) is 0 Å². The molecule has 6 nitrogen and oxygen atoms in total. The lowest BCUT2D eigenvalue weighted by Crippen LogP contribution is -2.32. The van der Waals surface area contributed by atoms with Crippen molar-refractivity contribution in [3.05, 3.63) is 24.5 Å². The normalized spacial score (nSPS) is 11.0. The van der Waals surface area contributed by atoms with Gasteiger partial charge in [-0.25, -0.2) is 18.0 Å². The second-order valence-corrected chi connectivity index (χ2v) is 5.08. The van der Waals surface area contributed by atoms with Gasteiger partial charge in [0.1, 0.15) is 6.54 Å². The van der Waals surface area contributed by atoms with Gasteiger partial charge in [-0.15, -0.1) is 0 Å². The number of halogens is 3. The van der Waals surface area contributed by atoms with E-state index in [2.05, 4.69) is 22.4 Å². The predicted octanol–water partition coefficient (Wildman–Crippen LogP) is 1.22. The summed E-state index contributed by atoms with van der Waals surface area (Å²) in [5.74, 6) is 0.279. The van der Waals surface area contributed by atoms with Gasteiger partial charge in [-0.2, -0.15) is 13.2 Å². The van der Waals surface area contributed by atoms with Gasteiger partial charge in [0.2, 0.25) is 6.20 Å². The molecular weight excluding hydrogens is 333 g/mol. The van der Waals surface area contributed by atoms with Crippen LogP contribution >= 0.6 is 12.2 Å². The number of hydrogen-bond donors (Lipinski definition) is 1. The Morgan fingerprint density at radius 1 is 1.48 bits per heavy atom. The van der Waals surface area contributed by atoms with Crippen molar-refractivity contribution in [2.45, 2.75) is 18.5 Å². The summed E-state index contributed by atoms with van der Waals surface area (Å²) in [6.45, 7) is 1.51. The molecule has 21 heavy (non-hydrogen) atoms. The van der Waals surface area contributed by atoms with Crippen LogP contribution in [0.15, 0.2) is 29.5 Å². The van der Waals surface area contributed by atoms with E-state index in [1.807, 2.05) is 10.8 Å². The van der Waals surface area contributed by atoms with Crippen molar-refractivity contribution >= 4 is 27.5 Å². The maximum Gasteiger partial charge on any atom is 0.485 e. The zero-order valence-electron chi connectivity index (χ0n) is 10.4. The van der Waals surface area contributed by atoms with Crippen LogP contribution in [0.1, 0.15) is 6.42 Å². The van der Waals surface area contributed by atoms with Crippen LogP contribution in [0.3, 0.4) is 0 Å². The molecule has 11 heteroatoms. The molecule has 0 aliphatic rings. The van der Waals surface area contributed by atoms with Crippen molar-refractivity contribution in [3.63, 3.8) is 0 Å². The van der Waals surface area contributed by atoms with Crippen molar-refractivity contribution < 1.29 is 35.8 Å². The maximum atomic E-state index is 10.7. The van der Waals surface area contributed by atoms with E-state index in [-0.39, 0.29) is 5.75 Å². The third-order valence-corrected chi connectivity index (χ3v) is 2.57. The van der Waals surface area contributed by atoms with Crippen molar-refractivity contribution in [2.24, 2.45) is 4.99 Å². The molecule has 1 aromatic heterocycles. The number of aromatic hydroxyl groups is 1. The highest BCUT2D eigenvalue weighted by Gasteiger charge is 2.36. The van der Waals surface area contributed by atoms with Gasteiger partial charge in [0.15, 0.2) is 22.1 Å². The Balaban J connectivity index is 0.000000433. The SMILES string of the molecule is O=S(=O)([O-])C(F)(F)F.Oc1ccc[n+](CCCN=C=S)c1. The Kier molecular flexibility index (Phi) is 8.03. The van der Waals surface area contributed by atoms with Gasteiger partial charge in [0.05, 0.1) is 11.7 Å². The number of rotatable bonds is 4. The van der Waals surface area contributed by atoms with Crippen molar-refractivity contribution in [1.29, 1.82) is 0 Å². The predicted molar refractivity (Wildman–Crippen MR) is 68.6 cm³/mol.